The highest BCUT2D eigenvalue weighted by atomic mass is 35.5. The fourth-order valence-electron chi connectivity index (χ4n) is 1.73. The van der Waals surface area contributed by atoms with Crippen molar-refractivity contribution in [2.45, 2.75) is 19.8 Å². The Morgan fingerprint density at radius 3 is 2.36 bits per heavy atom. The van der Waals surface area contributed by atoms with Crippen molar-refractivity contribution in [1.29, 1.82) is 0 Å². The first kappa shape index (κ1) is 16.7. The maximum atomic E-state index is 11.8. The van der Waals surface area contributed by atoms with E-state index in [0.29, 0.717) is 20.2 Å². The van der Waals surface area contributed by atoms with Crippen molar-refractivity contribution < 1.29 is 4.79 Å². The number of halogens is 1. The smallest absolute Gasteiger partial charge is 0.279 e. The minimum absolute atomic E-state index is 0.281. The number of hydrogen-bond donors (Lipinski definition) is 3. The molecule has 1 aromatic carbocycles. The zero-order valence-electron chi connectivity index (χ0n) is 12.1. The molecule has 3 N–H and O–H groups in total. The zero-order chi connectivity index (χ0) is 16.1. The highest BCUT2D eigenvalue weighted by Crippen LogP contribution is 2.21. The summed E-state index contributed by atoms with van der Waals surface area (Å²) in [5.74, 6) is 0.201. The van der Waals surface area contributed by atoms with E-state index in [0.717, 1.165) is 5.69 Å². The molecule has 0 aliphatic heterocycles. The molecule has 1 amide bonds. The van der Waals surface area contributed by atoms with Crippen LogP contribution in [-0.4, -0.2) is 11.0 Å². The van der Waals surface area contributed by atoms with Crippen molar-refractivity contribution in [2.24, 2.45) is 0 Å². The summed E-state index contributed by atoms with van der Waals surface area (Å²) in [6, 6.07) is 11.3. The highest BCUT2D eigenvalue weighted by Gasteiger charge is 2.08. The summed E-state index contributed by atoms with van der Waals surface area (Å²) in [6.07, 6.45) is 0. The number of anilines is 1. The van der Waals surface area contributed by atoms with Crippen LogP contribution in [-0.2, 0) is 0 Å². The van der Waals surface area contributed by atoms with Gasteiger partial charge in [-0.3, -0.25) is 15.6 Å². The summed E-state index contributed by atoms with van der Waals surface area (Å²) in [5.41, 5.74) is 7.29. The van der Waals surface area contributed by atoms with Gasteiger partial charge in [0.2, 0.25) is 0 Å². The summed E-state index contributed by atoms with van der Waals surface area (Å²) < 4.78 is 0.566. The summed E-state index contributed by atoms with van der Waals surface area (Å²) in [4.78, 5) is 12.3. The van der Waals surface area contributed by atoms with Crippen LogP contribution in [0.3, 0.4) is 0 Å². The Balaban J connectivity index is 1.84. The van der Waals surface area contributed by atoms with Gasteiger partial charge in [0.05, 0.1) is 9.21 Å². The van der Waals surface area contributed by atoms with E-state index in [1.807, 2.05) is 24.3 Å². The number of rotatable bonds is 3. The molecule has 0 bridgehead atoms. The summed E-state index contributed by atoms with van der Waals surface area (Å²) in [6.45, 7) is 4.28. The molecule has 22 heavy (non-hydrogen) atoms. The maximum Gasteiger partial charge on any atom is 0.279 e. The molecule has 1 aromatic heterocycles. The minimum atomic E-state index is -0.281. The first-order valence-electron chi connectivity index (χ1n) is 6.68. The van der Waals surface area contributed by atoms with Crippen molar-refractivity contribution in [2.75, 3.05) is 5.32 Å². The van der Waals surface area contributed by atoms with Crippen LogP contribution in [0.15, 0.2) is 36.4 Å². The summed E-state index contributed by atoms with van der Waals surface area (Å²) >= 11 is 12.1. The zero-order valence-corrected chi connectivity index (χ0v) is 14.5. The molecule has 4 nitrogen and oxygen atoms in total. The standard InChI is InChI=1S/C15H16ClN3OS2/c1-9(2)10-3-5-11(6-4-10)17-15(21)19-18-14(20)12-7-8-13(16)22-12/h3-9H,1-2H3,(H,18,20)(H2,17,19,21). The monoisotopic (exact) mass is 353 g/mol. The van der Waals surface area contributed by atoms with Gasteiger partial charge >= 0.3 is 0 Å². The lowest BCUT2D eigenvalue weighted by atomic mass is 10.0. The first-order chi connectivity index (χ1) is 10.5. The largest absolute Gasteiger partial charge is 0.331 e. The number of hydrogen-bond acceptors (Lipinski definition) is 3. The van der Waals surface area contributed by atoms with Crippen LogP contribution in [0, 0.1) is 0 Å². The van der Waals surface area contributed by atoms with Crippen LogP contribution < -0.4 is 16.2 Å². The number of carbonyl (C=O) groups is 1. The third-order valence-electron chi connectivity index (χ3n) is 2.92. The molecule has 0 radical (unpaired) electrons. The molecule has 2 rings (SSSR count). The van der Waals surface area contributed by atoms with E-state index in [-0.39, 0.29) is 5.91 Å². The van der Waals surface area contributed by atoms with Gasteiger partial charge in [-0.15, -0.1) is 11.3 Å². The number of thiophene rings is 1. The van der Waals surface area contributed by atoms with Crippen LogP contribution >= 0.6 is 35.2 Å². The third-order valence-corrected chi connectivity index (χ3v) is 4.36. The molecule has 2 aromatic rings. The van der Waals surface area contributed by atoms with Crippen molar-refractivity contribution >= 4 is 51.9 Å². The number of hydrazine groups is 1. The molecule has 0 unspecified atom stereocenters. The van der Waals surface area contributed by atoms with Crippen molar-refractivity contribution in [3.05, 3.63) is 51.2 Å². The predicted molar refractivity (Wildman–Crippen MR) is 96.7 cm³/mol. The molecule has 0 aliphatic carbocycles. The van der Waals surface area contributed by atoms with E-state index in [1.54, 1.807) is 12.1 Å². The average molecular weight is 354 g/mol. The molecule has 0 aliphatic rings. The van der Waals surface area contributed by atoms with E-state index >= 15 is 0 Å². The van der Waals surface area contributed by atoms with E-state index < -0.39 is 0 Å². The van der Waals surface area contributed by atoms with Gasteiger partial charge in [0.15, 0.2) is 5.11 Å². The molecule has 0 fully saturated rings. The molecule has 116 valence electrons. The predicted octanol–water partition coefficient (Wildman–Crippen LogP) is 4.16. The van der Waals surface area contributed by atoms with Crippen LogP contribution in [0.25, 0.3) is 0 Å². The molecule has 0 atom stereocenters. The molecule has 0 saturated carbocycles. The van der Waals surface area contributed by atoms with E-state index in [2.05, 4.69) is 30.0 Å². The molecular formula is C15H16ClN3OS2. The number of benzene rings is 1. The lowest BCUT2D eigenvalue weighted by Crippen LogP contribution is -2.43. The molecule has 0 saturated heterocycles. The Morgan fingerprint density at radius 2 is 1.82 bits per heavy atom. The van der Waals surface area contributed by atoms with Gasteiger partial charge in [-0.2, -0.15) is 0 Å². The van der Waals surface area contributed by atoms with Gasteiger partial charge in [-0.25, -0.2) is 0 Å². The lowest BCUT2D eigenvalue weighted by molar-refractivity contribution is 0.0948. The molecule has 7 heteroatoms. The second-order valence-corrected chi connectivity index (χ2v) is 7.04. The molecule has 0 spiro atoms. The Bertz CT molecular complexity index is 668. The van der Waals surface area contributed by atoms with Crippen LogP contribution in [0.2, 0.25) is 4.34 Å². The summed E-state index contributed by atoms with van der Waals surface area (Å²) in [5, 5.41) is 3.32. The fourth-order valence-corrected chi connectivity index (χ4v) is 2.83. The second kappa shape index (κ2) is 7.58. The van der Waals surface area contributed by atoms with E-state index in [4.69, 9.17) is 23.8 Å². The number of nitrogens with one attached hydrogen (secondary N) is 3. The highest BCUT2D eigenvalue weighted by molar-refractivity contribution is 7.80. The van der Waals surface area contributed by atoms with Gasteiger partial charge in [0.25, 0.3) is 5.91 Å². The van der Waals surface area contributed by atoms with E-state index in [1.165, 1.54) is 16.9 Å². The Labute approximate surface area is 143 Å². The quantitative estimate of drug-likeness (QED) is 0.573. The third kappa shape index (κ3) is 4.69. The van der Waals surface area contributed by atoms with Gasteiger partial charge < -0.3 is 5.32 Å². The Hall–Kier alpha value is -1.63. The SMILES string of the molecule is CC(C)c1ccc(NC(=S)NNC(=O)c2ccc(Cl)s2)cc1. The van der Waals surface area contributed by atoms with Crippen LogP contribution in [0.1, 0.15) is 35.0 Å². The van der Waals surface area contributed by atoms with Gasteiger partial charge in [0, 0.05) is 5.69 Å². The second-order valence-electron chi connectivity index (χ2n) is 4.91. The fraction of sp³-hybridized carbons (Fsp3) is 0.200. The number of amides is 1. The number of carbonyl (C=O) groups excluding carboxylic acids is 1. The van der Waals surface area contributed by atoms with Gasteiger partial charge in [-0.05, 0) is 48.0 Å². The topological polar surface area (TPSA) is 53.2 Å². The summed E-state index contributed by atoms with van der Waals surface area (Å²) in [7, 11) is 0. The Morgan fingerprint density at radius 1 is 1.14 bits per heavy atom. The molecule has 1 heterocycles. The molecular weight excluding hydrogens is 338 g/mol. The number of thiocarbonyl (C=S) groups is 1. The van der Waals surface area contributed by atoms with Gasteiger partial charge in [-0.1, -0.05) is 37.6 Å². The maximum absolute atomic E-state index is 11.8. The average Bonchev–Trinajstić information content (AvgIpc) is 2.92. The minimum Gasteiger partial charge on any atom is -0.331 e. The first-order valence-corrected chi connectivity index (χ1v) is 8.28. The van der Waals surface area contributed by atoms with Crippen molar-refractivity contribution in [1.82, 2.24) is 10.9 Å². The normalized spacial score (nSPS) is 10.4. The van der Waals surface area contributed by atoms with Gasteiger partial charge in [0.1, 0.15) is 0 Å². The van der Waals surface area contributed by atoms with Crippen LogP contribution in [0.4, 0.5) is 5.69 Å². The lowest BCUT2D eigenvalue weighted by Gasteiger charge is -2.12. The van der Waals surface area contributed by atoms with Crippen LogP contribution in [0.5, 0.6) is 0 Å². The Kier molecular flexibility index (Phi) is 5.76. The van der Waals surface area contributed by atoms with Crippen molar-refractivity contribution in [3.63, 3.8) is 0 Å². The van der Waals surface area contributed by atoms with Crippen molar-refractivity contribution in [3.8, 4) is 0 Å². The van der Waals surface area contributed by atoms with E-state index in [9.17, 15) is 4.79 Å².